The Bertz CT molecular complexity index is 1600. The van der Waals surface area contributed by atoms with Gasteiger partial charge in [-0.05, 0) is 54.1 Å². The average Bonchev–Trinajstić information content (AvgIpc) is 3.03. The van der Waals surface area contributed by atoms with Gasteiger partial charge in [0.15, 0.2) is 0 Å². The van der Waals surface area contributed by atoms with Crippen molar-refractivity contribution in [2.75, 3.05) is 37.7 Å². The van der Waals surface area contributed by atoms with Crippen LogP contribution in [0.2, 0.25) is 0 Å². The first kappa shape index (κ1) is 30.7. The molecule has 0 aromatic heterocycles. The molecule has 3 amide bonds. The molecular formula is C33H31N3O6S. The molecule has 43 heavy (non-hydrogen) atoms. The van der Waals surface area contributed by atoms with E-state index in [2.05, 4.69) is 16.0 Å². The largest absolute Gasteiger partial charge is 0.497 e. The standard InChI is InChI=1S/C33H31N3O6S/c1-40-26-13-7-9-22(15-26)16-30(36-32(38)23-10-5-4-6-11-23)33(39)35-24-12-8-14-29(19-24)43-21-31(37)34-25-17-27(41-2)20-28(18-25)42-3/h4-20H,21H2,1-3H3,(H,34,37)(H,35,39)(H,36,38)/b30-16-. The molecule has 220 valence electrons. The van der Waals surface area contributed by atoms with E-state index in [0.717, 1.165) is 4.90 Å². The number of ether oxygens (including phenoxy) is 3. The molecule has 0 aliphatic rings. The summed E-state index contributed by atoms with van der Waals surface area (Å²) in [6.07, 6.45) is 1.58. The predicted molar refractivity (Wildman–Crippen MR) is 169 cm³/mol. The number of methoxy groups -OCH3 is 3. The third-order valence-electron chi connectivity index (χ3n) is 6.03. The van der Waals surface area contributed by atoms with E-state index in [-0.39, 0.29) is 17.4 Å². The number of hydrogen-bond acceptors (Lipinski definition) is 7. The summed E-state index contributed by atoms with van der Waals surface area (Å²) in [7, 11) is 4.63. The lowest BCUT2D eigenvalue weighted by Gasteiger charge is -2.13. The van der Waals surface area contributed by atoms with E-state index in [0.29, 0.717) is 39.8 Å². The molecule has 0 radical (unpaired) electrons. The highest BCUT2D eigenvalue weighted by molar-refractivity contribution is 8.00. The van der Waals surface area contributed by atoms with Gasteiger partial charge in [-0.15, -0.1) is 11.8 Å². The number of benzene rings is 4. The molecule has 0 unspecified atom stereocenters. The van der Waals surface area contributed by atoms with Gasteiger partial charge in [0.25, 0.3) is 11.8 Å². The smallest absolute Gasteiger partial charge is 0.272 e. The highest BCUT2D eigenvalue weighted by atomic mass is 32.2. The lowest BCUT2D eigenvalue weighted by molar-refractivity contribution is -0.114. The molecular weight excluding hydrogens is 566 g/mol. The zero-order valence-electron chi connectivity index (χ0n) is 23.9. The van der Waals surface area contributed by atoms with Gasteiger partial charge >= 0.3 is 0 Å². The molecule has 0 atom stereocenters. The van der Waals surface area contributed by atoms with E-state index in [4.69, 9.17) is 14.2 Å². The van der Waals surface area contributed by atoms with Crippen molar-refractivity contribution < 1.29 is 28.6 Å². The first-order valence-corrected chi connectivity index (χ1v) is 14.1. The van der Waals surface area contributed by atoms with Crippen molar-refractivity contribution in [1.82, 2.24) is 5.32 Å². The van der Waals surface area contributed by atoms with E-state index >= 15 is 0 Å². The van der Waals surface area contributed by atoms with Gasteiger partial charge in [-0.1, -0.05) is 36.4 Å². The van der Waals surface area contributed by atoms with E-state index in [1.54, 1.807) is 104 Å². The Balaban J connectivity index is 1.45. The fourth-order valence-corrected chi connectivity index (χ4v) is 4.68. The summed E-state index contributed by atoms with van der Waals surface area (Å²) in [5.74, 6) is 0.707. The number of hydrogen-bond donors (Lipinski definition) is 3. The highest BCUT2D eigenvalue weighted by Crippen LogP contribution is 2.27. The maximum atomic E-state index is 13.4. The lowest BCUT2D eigenvalue weighted by atomic mass is 10.1. The SMILES string of the molecule is COc1cccc(/C=C(\NC(=O)c2ccccc2)C(=O)Nc2cccc(SCC(=O)Nc3cc(OC)cc(OC)c3)c2)c1. The van der Waals surface area contributed by atoms with Crippen LogP contribution in [0.5, 0.6) is 17.2 Å². The van der Waals surface area contributed by atoms with Crippen LogP contribution in [-0.2, 0) is 9.59 Å². The fraction of sp³-hybridized carbons (Fsp3) is 0.121. The topological polar surface area (TPSA) is 115 Å². The molecule has 0 spiro atoms. The van der Waals surface area contributed by atoms with Crippen LogP contribution in [0.15, 0.2) is 108 Å². The van der Waals surface area contributed by atoms with Crippen molar-refractivity contribution in [3.63, 3.8) is 0 Å². The summed E-state index contributed by atoms with van der Waals surface area (Å²) in [6, 6.07) is 28.0. The molecule has 4 aromatic carbocycles. The van der Waals surface area contributed by atoms with Gasteiger partial charge in [-0.2, -0.15) is 0 Å². The minimum atomic E-state index is -0.515. The molecule has 10 heteroatoms. The molecule has 3 N–H and O–H groups in total. The predicted octanol–water partition coefficient (Wildman–Crippen LogP) is 5.85. The second-order valence-electron chi connectivity index (χ2n) is 9.07. The van der Waals surface area contributed by atoms with Crippen molar-refractivity contribution in [3.05, 3.63) is 114 Å². The van der Waals surface area contributed by atoms with Crippen LogP contribution < -0.4 is 30.2 Å². The lowest BCUT2D eigenvalue weighted by Crippen LogP contribution is -2.30. The maximum absolute atomic E-state index is 13.4. The third-order valence-corrected chi connectivity index (χ3v) is 7.02. The molecule has 0 aliphatic heterocycles. The maximum Gasteiger partial charge on any atom is 0.272 e. The molecule has 9 nitrogen and oxygen atoms in total. The van der Waals surface area contributed by atoms with Crippen LogP contribution in [0, 0.1) is 0 Å². The number of nitrogens with one attached hydrogen (secondary N) is 3. The van der Waals surface area contributed by atoms with Gasteiger partial charge in [-0.3, -0.25) is 14.4 Å². The average molecular weight is 598 g/mol. The van der Waals surface area contributed by atoms with Crippen LogP contribution in [0.1, 0.15) is 15.9 Å². The summed E-state index contributed by atoms with van der Waals surface area (Å²) >= 11 is 1.31. The Hall–Kier alpha value is -5.22. The number of carbonyl (C=O) groups excluding carboxylic acids is 3. The summed E-state index contributed by atoms with van der Waals surface area (Å²) in [6.45, 7) is 0. The summed E-state index contributed by atoms with van der Waals surface area (Å²) < 4.78 is 15.8. The second kappa shape index (κ2) is 15.1. The number of thioether (sulfide) groups is 1. The van der Waals surface area contributed by atoms with Crippen LogP contribution in [0.4, 0.5) is 11.4 Å². The Morgan fingerprint density at radius 2 is 1.40 bits per heavy atom. The number of anilines is 2. The first-order chi connectivity index (χ1) is 20.9. The molecule has 0 saturated carbocycles. The van der Waals surface area contributed by atoms with Gasteiger partial charge in [-0.25, -0.2) is 0 Å². The monoisotopic (exact) mass is 597 g/mol. The molecule has 0 saturated heterocycles. The Labute approximate surface area is 254 Å². The van der Waals surface area contributed by atoms with Gasteiger partial charge < -0.3 is 30.2 Å². The zero-order valence-corrected chi connectivity index (χ0v) is 24.7. The third kappa shape index (κ3) is 9.14. The summed E-state index contributed by atoms with van der Waals surface area (Å²) in [5.41, 5.74) is 2.18. The van der Waals surface area contributed by atoms with Crippen LogP contribution in [0.3, 0.4) is 0 Å². The Morgan fingerprint density at radius 1 is 0.698 bits per heavy atom. The minimum Gasteiger partial charge on any atom is -0.497 e. The van der Waals surface area contributed by atoms with E-state index in [9.17, 15) is 14.4 Å². The number of carbonyl (C=O) groups is 3. The van der Waals surface area contributed by atoms with Crippen molar-refractivity contribution in [2.45, 2.75) is 4.90 Å². The van der Waals surface area contributed by atoms with E-state index in [1.165, 1.54) is 26.0 Å². The van der Waals surface area contributed by atoms with Crippen LogP contribution in [0.25, 0.3) is 6.08 Å². The van der Waals surface area contributed by atoms with Gasteiger partial charge in [0.1, 0.15) is 22.9 Å². The van der Waals surface area contributed by atoms with E-state index in [1.807, 2.05) is 6.07 Å². The Morgan fingerprint density at radius 3 is 2.09 bits per heavy atom. The minimum absolute atomic E-state index is 0.0493. The summed E-state index contributed by atoms with van der Waals surface area (Å²) in [5, 5.41) is 8.41. The molecule has 4 aromatic rings. The van der Waals surface area contributed by atoms with Gasteiger partial charge in [0, 0.05) is 40.0 Å². The van der Waals surface area contributed by atoms with E-state index < -0.39 is 11.8 Å². The summed E-state index contributed by atoms with van der Waals surface area (Å²) in [4.78, 5) is 39.7. The first-order valence-electron chi connectivity index (χ1n) is 13.2. The molecule has 0 fully saturated rings. The van der Waals surface area contributed by atoms with Crippen molar-refractivity contribution in [3.8, 4) is 17.2 Å². The van der Waals surface area contributed by atoms with Crippen LogP contribution in [-0.4, -0.2) is 44.8 Å². The van der Waals surface area contributed by atoms with Gasteiger partial charge in [0.05, 0.1) is 27.1 Å². The molecule has 0 aliphatic carbocycles. The van der Waals surface area contributed by atoms with Crippen LogP contribution >= 0.6 is 11.8 Å². The zero-order chi connectivity index (χ0) is 30.6. The van der Waals surface area contributed by atoms with Crippen molar-refractivity contribution in [2.24, 2.45) is 0 Å². The molecule has 4 rings (SSSR count). The highest BCUT2D eigenvalue weighted by Gasteiger charge is 2.16. The van der Waals surface area contributed by atoms with Crippen molar-refractivity contribution in [1.29, 1.82) is 0 Å². The van der Waals surface area contributed by atoms with Gasteiger partial charge in [0.2, 0.25) is 5.91 Å². The number of amides is 3. The Kier molecular flexibility index (Phi) is 10.8. The second-order valence-corrected chi connectivity index (χ2v) is 10.1. The number of rotatable bonds is 12. The fourth-order valence-electron chi connectivity index (χ4n) is 3.93. The normalized spacial score (nSPS) is 10.8. The quantitative estimate of drug-likeness (QED) is 0.139. The van der Waals surface area contributed by atoms with Crippen molar-refractivity contribution >= 4 is 46.9 Å². The molecule has 0 bridgehead atoms. The molecule has 0 heterocycles.